The van der Waals surface area contributed by atoms with E-state index in [1.165, 1.54) is 19.3 Å². The molecule has 112 valence electrons. The lowest BCUT2D eigenvalue weighted by Crippen LogP contribution is -2.37. The molecule has 20 heavy (non-hydrogen) atoms. The standard InChI is InChI=1S/C15H27N5/c1-4-5-13-14(16)15(19(3)17-13)20-9-8-11-6-7-12(10-20)18(11)2/h11-12H,4-10,16H2,1-3H3. The number of rotatable bonds is 3. The summed E-state index contributed by atoms with van der Waals surface area (Å²) in [6, 6.07) is 1.43. The first-order valence-corrected chi connectivity index (χ1v) is 7.90. The van der Waals surface area contributed by atoms with E-state index < -0.39 is 0 Å². The minimum atomic E-state index is 0.673. The molecule has 3 heterocycles. The third-order valence-corrected chi connectivity index (χ3v) is 5.06. The van der Waals surface area contributed by atoms with E-state index in [2.05, 4.69) is 28.9 Å². The maximum absolute atomic E-state index is 6.37. The van der Waals surface area contributed by atoms with Crippen molar-refractivity contribution in [2.75, 3.05) is 30.8 Å². The van der Waals surface area contributed by atoms with Gasteiger partial charge in [0.15, 0.2) is 0 Å². The van der Waals surface area contributed by atoms with Crippen molar-refractivity contribution in [2.45, 2.75) is 51.1 Å². The van der Waals surface area contributed by atoms with Crippen LogP contribution in [0.4, 0.5) is 11.5 Å². The number of anilines is 2. The zero-order chi connectivity index (χ0) is 14.3. The molecule has 2 aliphatic heterocycles. The largest absolute Gasteiger partial charge is 0.394 e. The number of nitrogens with two attached hydrogens (primary N) is 1. The number of aromatic nitrogens is 2. The fraction of sp³-hybridized carbons (Fsp3) is 0.800. The summed E-state index contributed by atoms with van der Waals surface area (Å²) in [5.74, 6) is 1.13. The molecule has 2 bridgehead atoms. The molecule has 3 rings (SSSR count). The smallest absolute Gasteiger partial charge is 0.150 e. The van der Waals surface area contributed by atoms with Gasteiger partial charge in [-0.25, -0.2) is 0 Å². The van der Waals surface area contributed by atoms with E-state index in [1.807, 2.05) is 11.7 Å². The molecule has 2 fully saturated rings. The van der Waals surface area contributed by atoms with Crippen LogP contribution >= 0.6 is 0 Å². The summed E-state index contributed by atoms with van der Waals surface area (Å²) >= 11 is 0. The van der Waals surface area contributed by atoms with Crippen molar-refractivity contribution in [3.05, 3.63) is 5.69 Å². The summed E-state index contributed by atoms with van der Waals surface area (Å²) < 4.78 is 1.99. The predicted octanol–water partition coefficient (Wildman–Crippen LogP) is 1.63. The van der Waals surface area contributed by atoms with Gasteiger partial charge in [-0.3, -0.25) is 9.58 Å². The van der Waals surface area contributed by atoms with Gasteiger partial charge in [0, 0.05) is 32.2 Å². The molecule has 2 aliphatic rings. The third-order valence-electron chi connectivity index (χ3n) is 5.06. The third kappa shape index (κ3) is 2.18. The highest BCUT2D eigenvalue weighted by atomic mass is 15.4. The van der Waals surface area contributed by atoms with E-state index in [-0.39, 0.29) is 0 Å². The Kier molecular flexibility index (Phi) is 3.63. The molecule has 0 aromatic carbocycles. The molecule has 1 aromatic rings. The molecule has 1 aromatic heterocycles. The summed E-state index contributed by atoms with van der Waals surface area (Å²) in [6.45, 7) is 4.36. The Hall–Kier alpha value is -1.23. The summed E-state index contributed by atoms with van der Waals surface area (Å²) in [6.07, 6.45) is 5.97. The van der Waals surface area contributed by atoms with Crippen LogP contribution in [0.2, 0.25) is 0 Å². The summed E-state index contributed by atoms with van der Waals surface area (Å²) in [5, 5.41) is 4.62. The molecular formula is C15H27N5. The maximum atomic E-state index is 6.37. The van der Waals surface area contributed by atoms with Crippen LogP contribution in [0.15, 0.2) is 0 Å². The number of nitrogens with zero attached hydrogens (tertiary/aromatic N) is 4. The molecule has 0 spiro atoms. The van der Waals surface area contributed by atoms with Crippen LogP contribution < -0.4 is 10.6 Å². The van der Waals surface area contributed by atoms with Gasteiger partial charge < -0.3 is 10.6 Å². The number of aryl methyl sites for hydroxylation is 2. The first-order valence-electron chi connectivity index (χ1n) is 7.90. The second-order valence-corrected chi connectivity index (χ2v) is 6.34. The normalized spacial score (nSPS) is 27.1. The Balaban J connectivity index is 1.86. The lowest BCUT2D eigenvalue weighted by Gasteiger charge is -2.27. The SMILES string of the molecule is CCCc1nn(C)c(N2CCC3CCC(C2)N3C)c1N. The van der Waals surface area contributed by atoms with E-state index in [1.54, 1.807) is 0 Å². The molecule has 2 saturated heterocycles. The van der Waals surface area contributed by atoms with Crippen LogP contribution in [0.3, 0.4) is 0 Å². The van der Waals surface area contributed by atoms with Gasteiger partial charge in [0.2, 0.25) is 0 Å². The molecule has 0 amide bonds. The van der Waals surface area contributed by atoms with E-state index in [9.17, 15) is 0 Å². The highest BCUT2D eigenvalue weighted by molar-refractivity contribution is 5.66. The van der Waals surface area contributed by atoms with Gasteiger partial charge in [-0.05, 0) is 32.7 Å². The Bertz CT molecular complexity index is 481. The van der Waals surface area contributed by atoms with Gasteiger partial charge >= 0.3 is 0 Å². The highest BCUT2D eigenvalue weighted by Gasteiger charge is 2.36. The fourth-order valence-electron chi connectivity index (χ4n) is 3.88. The molecule has 2 N–H and O–H groups in total. The Morgan fingerprint density at radius 1 is 1.20 bits per heavy atom. The van der Waals surface area contributed by atoms with Crippen LogP contribution in [0.25, 0.3) is 0 Å². The molecule has 0 radical (unpaired) electrons. The zero-order valence-electron chi connectivity index (χ0n) is 13.0. The van der Waals surface area contributed by atoms with E-state index in [4.69, 9.17) is 5.73 Å². The van der Waals surface area contributed by atoms with Crippen molar-refractivity contribution in [3.63, 3.8) is 0 Å². The van der Waals surface area contributed by atoms with E-state index in [0.29, 0.717) is 6.04 Å². The van der Waals surface area contributed by atoms with Crippen molar-refractivity contribution in [3.8, 4) is 0 Å². The first kappa shape index (κ1) is 13.7. The van der Waals surface area contributed by atoms with Gasteiger partial charge in [-0.1, -0.05) is 13.3 Å². The van der Waals surface area contributed by atoms with Crippen LogP contribution in [0, 0.1) is 0 Å². The van der Waals surface area contributed by atoms with Crippen molar-refractivity contribution >= 4 is 11.5 Å². The number of likely N-dealkylation sites (N-methyl/N-ethyl adjacent to an activating group) is 1. The molecule has 0 aliphatic carbocycles. The van der Waals surface area contributed by atoms with Crippen molar-refractivity contribution in [1.82, 2.24) is 14.7 Å². The van der Waals surface area contributed by atoms with Gasteiger partial charge in [0.25, 0.3) is 0 Å². The van der Waals surface area contributed by atoms with Gasteiger partial charge in [0.05, 0.1) is 11.4 Å². The number of hydrogen-bond acceptors (Lipinski definition) is 4. The Morgan fingerprint density at radius 3 is 2.70 bits per heavy atom. The van der Waals surface area contributed by atoms with Crippen LogP contribution in [0.1, 0.15) is 38.3 Å². The molecular weight excluding hydrogens is 250 g/mol. The molecule has 5 heteroatoms. The average Bonchev–Trinajstić information content (AvgIpc) is 2.80. The first-order chi connectivity index (χ1) is 9.61. The fourth-order valence-corrected chi connectivity index (χ4v) is 3.88. The average molecular weight is 277 g/mol. The van der Waals surface area contributed by atoms with Gasteiger partial charge in [0.1, 0.15) is 5.82 Å². The summed E-state index contributed by atoms with van der Waals surface area (Å²) in [4.78, 5) is 5.03. The number of hydrogen-bond donors (Lipinski definition) is 1. The van der Waals surface area contributed by atoms with Gasteiger partial charge in [-0.2, -0.15) is 5.10 Å². The summed E-state index contributed by atoms with van der Waals surface area (Å²) in [5.41, 5.74) is 8.33. The van der Waals surface area contributed by atoms with Crippen LogP contribution in [-0.2, 0) is 13.5 Å². The molecule has 5 nitrogen and oxygen atoms in total. The maximum Gasteiger partial charge on any atom is 0.150 e. The van der Waals surface area contributed by atoms with E-state index >= 15 is 0 Å². The number of nitrogen functional groups attached to an aromatic ring is 1. The predicted molar refractivity (Wildman–Crippen MR) is 83.0 cm³/mol. The molecule has 2 atom stereocenters. The van der Waals surface area contributed by atoms with Crippen molar-refractivity contribution in [2.24, 2.45) is 7.05 Å². The van der Waals surface area contributed by atoms with Crippen LogP contribution in [-0.4, -0.2) is 46.9 Å². The molecule has 2 unspecified atom stereocenters. The second-order valence-electron chi connectivity index (χ2n) is 6.34. The van der Waals surface area contributed by atoms with Gasteiger partial charge in [-0.15, -0.1) is 0 Å². The lowest BCUT2D eigenvalue weighted by atomic mass is 10.1. The van der Waals surface area contributed by atoms with Crippen LogP contribution in [0.5, 0.6) is 0 Å². The summed E-state index contributed by atoms with van der Waals surface area (Å²) in [7, 11) is 4.30. The van der Waals surface area contributed by atoms with Crippen molar-refractivity contribution < 1.29 is 0 Å². The van der Waals surface area contributed by atoms with E-state index in [0.717, 1.165) is 49.2 Å². The molecule has 0 saturated carbocycles. The Morgan fingerprint density at radius 2 is 1.95 bits per heavy atom. The quantitative estimate of drug-likeness (QED) is 0.912. The highest BCUT2D eigenvalue weighted by Crippen LogP contribution is 2.33. The van der Waals surface area contributed by atoms with Crippen molar-refractivity contribution in [1.29, 1.82) is 0 Å². The Labute approximate surface area is 121 Å². The second kappa shape index (κ2) is 5.28. The minimum Gasteiger partial charge on any atom is -0.394 e. The monoisotopic (exact) mass is 277 g/mol. The topological polar surface area (TPSA) is 50.3 Å². The lowest BCUT2D eigenvalue weighted by molar-refractivity contribution is 0.254. The minimum absolute atomic E-state index is 0.673. The zero-order valence-corrected chi connectivity index (χ0v) is 13.0. The number of fused-ring (bicyclic) bond motifs is 2.